The van der Waals surface area contributed by atoms with Gasteiger partial charge in [-0.1, -0.05) is 0 Å². The van der Waals surface area contributed by atoms with E-state index in [9.17, 15) is 4.79 Å². The van der Waals surface area contributed by atoms with Crippen molar-refractivity contribution in [3.8, 4) is 5.75 Å². The van der Waals surface area contributed by atoms with E-state index in [-0.39, 0.29) is 5.92 Å². The summed E-state index contributed by atoms with van der Waals surface area (Å²) in [6.45, 7) is 4.34. The fourth-order valence-corrected chi connectivity index (χ4v) is 1.54. The Morgan fingerprint density at radius 3 is 3.00 bits per heavy atom. The molecule has 4 heteroatoms. The highest BCUT2D eigenvalue weighted by atomic mass is 16.5. The van der Waals surface area contributed by atoms with E-state index in [0.29, 0.717) is 12.5 Å². The van der Waals surface area contributed by atoms with Gasteiger partial charge in [0.05, 0.1) is 18.5 Å². The molecule has 80 valence electrons. The summed E-state index contributed by atoms with van der Waals surface area (Å²) in [6.07, 6.45) is 3.65. The lowest BCUT2D eigenvalue weighted by Crippen LogP contribution is -2.04. The molecule has 0 amide bonds. The molecule has 1 fully saturated rings. The van der Waals surface area contributed by atoms with E-state index in [1.54, 1.807) is 6.20 Å². The zero-order chi connectivity index (χ0) is 10.8. The van der Waals surface area contributed by atoms with Gasteiger partial charge in [-0.3, -0.25) is 0 Å². The number of carbonyl (C=O) groups is 1. The van der Waals surface area contributed by atoms with Crippen LogP contribution in [0.3, 0.4) is 0 Å². The summed E-state index contributed by atoms with van der Waals surface area (Å²) in [7, 11) is 0. The van der Waals surface area contributed by atoms with Crippen molar-refractivity contribution >= 4 is 6.29 Å². The van der Waals surface area contributed by atoms with E-state index < -0.39 is 0 Å². The molecule has 0 bridgehead atoms. The van der Waals surface area contributed by atoms with E-state index in [1.807, 2.05) is 13.8 Å². The third-order valence-corrected chi connectivity index (χ3v) is 2.66. The van der Waals surface area contributed by atoms with Crippen LogP contribution >= 0.6 is 0 Å². The highest BCUT2D eigenvalue weighted by Crippen LogP contribution is 2.36. The van der Waals surface area contributed by atoms with Crippen LogP contribution in [0.5, 0.6) is 5.75 Å². The minimum Gasteiger partial charge on any atom is -0.490 e. The van der Waals surface area contributed by atoms with Crippen LogP contribution in [0.15, 0.2) is 6.20 Å². The molecule has 1 aromatic heterocycles. The third kappa shape index (κ3) is 2.32. The molecule has 2 rings (SSSR count). The molecule has 0 saturated heterocycles. The van der Waals surface area contributed by atoms with Gasteiger partial charge >= 0.3 is 0 Å². The second kappa shape index (κ2) is 3.96. The Bertz CT molecular complexity index is 379. The Labute approximate surface area is 88.7 Å². The van der Waals surface area contributed by atoms with E-state index >= 15 is 0 Å². The molecule has 1 heterocycles. The molecule has 1 unspecified atom stereocenters. The van der Waals surface area contributed by atoms with Crippen LogP contribution in [-0.2, 0) is 4.79 Å². The van der Waals surface area contributed by atoms with Crippen LogP contribution in [0.4, 0.5) is 0 Å². The monoisotopic (exact) mass is 206 g/mol. The number of hydrogen-bond donors (Lipinski definition) is 0. The number of nitrogens with zero attached hydrogens (tertiary/aromatic N) is 2. The number of aldehydes is 1. The lowest BCUT2D eigenvalue weighted by Gasteiger charge is -2.07. The van der Waals surface area contributed by atoms with Crippen molar-refractivity contribution in [2.75, 3.05) is 6.61 Å². The summed E-state index contributed by atoms with van der Waals surface area (Å²) in [6, 6.07) is 0. The first-order valence-electron chi connectivity index (χ1n) is 5.09. The third-order valence-electron chi connectivity index (χ3n) is 2.66. The lowest BCUT2D eigenvalue weighted by atomic mass is 10.3. The number of aromatic nitrogens is 2. The Kier molecular flexibility index (Phi) is 2.66. The number of hydrogen-bond acceptors (Lipinski definition) is 4. The van der Waals surface area contributed by atoms with E-state index in [1.165, 1.54) is 0 Å². The molecule has 0 N–H and O–H groups in total. The molecule has 0 aromatic carbocycles. The second-order valence-electron chi connectivity index (χ2n) is 3.97. The lowest BCUT2D eigenvalue weighted by molar-refractivity contribution is -0.109. The molecule has 1 aliphatic rings. The van der Waals surface area contributed by atoms with Crippen molar-refractivity contribution in [3.63, 3.8) is 0 Å². The fraction of sp³-hybridized carbons (Fsp3) is 0.545. The van der Waals surface area contributed by atoms with E-state index in [0.717, 1.165) is 30.0 Å². The molecule has 1 aliphatic carbocycles. The number of aryl methyl sites for hydroxylation is 2. The van der Waals surface area contributed by atoms with Gasteiger partial charge in [-0.25, -0.2) is 9.97 Å². The quantitative estimate of drug-likeness (QED) is 0.697. The summed E-state index contributed by atoms with van der Waals surface area (Å²) >= 11 is 0. The topological polar surface area (TPSA) is 52.1 Å². The Morgan fingerprint density at radius 2 is 2.40 bits per heavy atom. The first kappa shape index (κ1) is 10.1. The van der Waals surface area contributed by atoms with Crippen LogP contribution in [-0.4, -0.2) is 22.9 Å². The van der Waals surface area contributed by atoms with Crippen LogP contribution in [0.2, 0.25) is 0 Å². The maximum atomic E-state index is 10.4. The highest BCUT2D eigenvalue weighted by molar-refractivity contribution is 5.58. The van der Waals surface area contributed by atoms with Gasteiger partial charge in [0, 0.05) is 11.8 Å². The number of ether oxygens (including phenoxy) is 1. The molecule has 15 heavy (non-hydrogen) atoms. The summed E-state index contributed by atoms with van der Waals surface area (Å²) in [5.74, 6) is 2.06. The first-order valence-corrected chi connectivity index (χ1v) is 5.09. The Balaban J connectivity index is 1.91. The standard InChI is InChI=1S/C11H14N2O2/c1-7-11(4-12-8(2)13-7)15-6-10-3-9(10)5-14/h4-5,9-10H,3,6H2,1-2H3/t9-,10?/m0/s1. The van der Waals surface area contributed by atoms with Gasteiger partial charge in [-0.2, -0.15) is 0 Å². The molecule has 0 radical (unpaired) electrons. The van der Waals surface area contributed by atoms with Crippen LogP contribution in [0, 0.1) is 25.7 Å². The second-order valence-corrected chi connectivity index (χ2v) is 3.97. The number of carbonyl (C=O) groups excluding carboxylic acids is 1. The molecule has 2 atom stereocenters. The van der Waals surface area contributed by atoms with Crippen molar-refractivity contribution < 1.29 is 9.53 Å². The predicted octanol–water partition coefficient (Wildman–Crippen LogP) is 1.31. The van der Waals surface area contributed by atoms with Gasteiger partial charge < -0.3 is 9.53 Å². The van der Waals surface area contributed by atoms with Crippen molar-refractivity contribution in [2.45, 2.75) is 20.3 Å². The maximum Gasteiger partial charge on any atom is 0.158 e. The Hall–Kier alpha value is -1.45. The minimum absolute atomic E-state index is 0.205. The zero-order valence-electron chi connectivity index (χ0n) is 8.93. The van der Waals surface area contributed by atoms with Crippen molar-refractivity contribution in [1.29, 1.82) is 0 Å². The van der Waals surface area contributed by atoms with Crippen LogP contribution in [0.25, 0.3) is 0 Å². The average Bonchev–Trinajstić information content (AvgIpc) is 2.95. The SMILES string of the molecule is Cc1ncc(OCC2C[C@H]2C=O)c(C)n1. The van der Waals surface area contributed by atoms with Crippen LogP contribution < -0.4 is 4.74 Å². The summed E-state index contributed by atoms with van der Waals surface area (Å²) in [4.78, 5) is 18.7. The fourth-order valence-electron chi connectivity index (χ4n) is 1.54. The normalized spacial score (nSPS) is 23.6. The maximum absolute atomic E-state index is 10.4. The zero-order valence-corrected chi connectivity index (χ0v) is 8.93. The van der Waals surface area contributed by atoms with Crippen molar-refractivity contribution in [1.82, 2.24) is 9.97 Å². The summed E-state index contributed by atoms with van der Waals surface area (Å²) in [5.41, 5.74) is 0.853. The van der Waals surface area contributed by atoms with Crippen LogP contribution in [0.1, 0.15) is 17.9 Å². The molecular weight excluding hydrogens is 192 g/mol. The van der Waals surface area contributed by atoms with E-state index in [2.05, 4.69) is 9.97 Å². The predicted molar refractivity (Wildman–Crippen MR) is 54.7 cm³/mol. The molecule has 4 nitrogen and oxygen atoms in total. The molecule has 0 aliphatic heterocycles. The number of rotatable bonds is 4. The van der Waals surface area contributed by atoms with Gasteiger partial charge in [0.25, 0.3) is 0 Å². The first-order chi connectivity index (χ1) is 7.20. The van der Waals surface area contributed by atoms with Crippen molar-refractivity contribution in [2.24, 2.45) is 11.8 Å². The van der Waals surface area contributed by atoms with E-state index in [4.69, 9.17) is 4.74 Å². The molecule has 1 aromatic rings. The molecule has 1 saturated carbocycles. The highest BCUT2D eigenvalue weighted by Gasteiger charge is 2.37. The molecule has 0 spiro atoms. The van der Waals surface area contributed by atoms with Gasteiger partial charge in [0.2, 0.25) is 0 Å². The smallest absolute Gasteiger partial charge is 0.158 e. The minimum atomic E-state index is 0.205. The van der Waals surface area contributed by atoms with Gasteiger partial charge in [0.15, 0.2) is 5.75 Å². The Morgan fingerprint density at radius 1 is 1.60 bits per heavy atom. The summed E-state index contributed by atoms with van der Waals surface area (Å²) in [5, 5.41) is 0. The summed E-state index contributed by atoms with van der Waals surface area (Å²) < 4.78 is 5.56. The van der Waals surface area contributed by atoms with Gasteiger partial charge in [-0.15, -0.1) is 0 Å². The largest absolute Gasteiger partial charge is 0.490 e. The molecular formula is C11H14N2O2. The van der Waals surface area contributed by atoms with Gasteiger partial charge in [0.1, 0.15) is 12.1 Å². The van der Waals surface area contributed by atoms with Gasteiger partial charge in [-0.05, 0) is 20.3 Å². The van der Waals surface area contributed by atoms with Crippen molar-refractivity contribution in [3.05, 3.63) is 17.7 Å². The average molecular weight is 206 g/mol.